The summed E-state index contributed by atoms with van der Waals surface area (Å²) in [5, 5.41) is 13.4. The summed E-state index contributed by atoms with van der Waals surface area (Å²) in [6.07, 6.45) is 5.88. The molecule has 2 aliphatic rings. The van der Waals surface area contributed by atoms with E-state index in [1.165, 1.54) is 0 Å². The van der Waals surface area contributed by atoms with E-state index >= 15 is 0 Å². The Bertz CT molecular complexity index is 753. The van der Waals surface area contributed by atoms with Gasteiger partial charge in [0.15, 0.2) is 0 Å². The monoisotopic (exact) mass is 359 g/mol. The molecule has 2 aromatic rings. The molecule has 1 spiro atoms. The number of anilines is 1. The number of nitrogens with zero attached hydrogens (tertiary/aromatic N) is 4. The van der Waals surface area contributed by atoms with Crippen molar-refractivity contribution in [1.29, 1.82) is 0 Å². The maximum atomic E-state index is 12.4. The summed E-state index contributed by atoms with van der Waals surface area (Å²) in [5.41, 5.74) is 0.394. The summed E-state index contributed by atoms with van der Waals surface area (Å²) in [4.78, 5) is 18.6. The van der Waals surface area contributed by atoms with Gasteiger partial charge in [-0.15, -0.1) is 10.2 Å². The van der Waals surface area contributed by atoms with Crippen molar-refractivity contribution in [2.45, 2.75) is 37.8 Å². The molecule has 2 saturated heterocycles. The number of hydrogen-bond acceptors (Lipinski definition) is 7. The highest BCUT2D eigenvalue weighted by Gasteiger charge is 2.44. The average molecular weight is 359 g/mol. The lowest BCUT2D eigenvalue weighted by Crippen LogP contribution is -2.50. The van der Waals surface area contributed by atoms with Crippen LogP contribution >= 0.6 is 11.3 Å². The predicted octanol–water partition coefficient (Wildman–Crippen LogP) is 1.80. The first kappa shape index (κ1) is 16.4. The lowest BCUT2D eigenvalue weighted by atomic mass is 9.89. The van der Waals surface area contributed by atoms with E-state index in [1.54, 1.807) is 35.9 Å². The normalized spacial score (nSPS) is 26.1. The Labute approximate surface area is 150 Å². The second-order valence-corrected chi connectivity index (χ2v) is 7.87. The van der Waals surface area contributed by atoms with Gasteiger partial charge < -0.3 is 15.0 Å². The van der Waals surface area contributed by atoms with Crippen molar-refractivity contribution in [2.24, 2.45) is 0 Å². The molecule has 4 heterocycles. The molecule has 2 aliphatic heterocycles. The van der Waals surface area contributed by atoms with Gasteiger partial charge in [-0.3, -0.25) is 9.78 Å². The van der Waals surface area contributed by atoms with Crippen LogP contribution in [0.5, 0.6) is 0 Å². The van der Waals surface area contributed by atoms with E-state index in [-0.39, 0.29) is 17.6 Å². The Morgan fingerprint density at radius 3 is 3.16 bits per heavy atom. The molecule has 2 aromatic heterocycles. The molecule has 0 radical (unpaired) electrons. The van der Waals surface area contributed by atoms with Crippen LogP contribution in [0.15, 0.2) is 24.5 Å². The SMILES string of the molecule is Cc1nnc(N2CC[C@]3(C[C@H](NC(=O)c4cccnc4)CCO3)C2)s1. The fraction of sp³-hybridized carbons (Fsp3) is 0.529. The third-order valence-corrected chi connectivity index (χ3v) is 5.75. The third kappa shape index (κ3) is 3.50. The van der Waals surface area contributed by atoms with Crippen molar-refractivity contribution in [3.8, 4) is 0 Å². The first-order valence-electron chi connectivity index (χ1n) is 8.53. The first-order valence-corrected chi connectivity index (χ1v) is 9.35. The maximum absolute atomic E-state index is 12.4. The minimum absolute atomic E-state index is 0.0650. The van der Waals surface area contributed by atoms with E-state index in [0.717, 1.165) is 42.5 Å². The third-order valence-electron chi connectivity index (χ3n) is 4.85. The minimum atomic E-state index is -0.204. The summed E-state index contributed by atoms with van der Waals surface area (Å²) >= 11 is 1.61. The average Bonchev–Trinajstić information content (AvgIpc) is 3.22. The highest BCUT2D eigenvalue weighted by atomic mass is 32.1. The standard InChI is InChI=1S/C17H21N5O2S/c1-12-20-21-16(25-12)22-7-5-17(11-22)9-14(4-8-24-17)19-15(23)13-3-2-6-18-10-13/h2-3,6,10,14H,4-5,7-9,11H2,1H3,(H,19,23)/t14-,17+/m1/s1. The van der Waals surface area contributed by atoms with E-state index in [1.807, 2.05) is 6.92 Å². The van der Waals surface area contributed by atoms with Crippen molar-refractivity contribution >= 4 is 22.4 Å². The van der Waals surface area contributed by atoms with Crippen LogP contribution in [0.25, 0.3) is 0 Å². The van der Waals surface area contributed by atoms with Crippen molar-refractivity contribution in [3.63, 3.8) is 0 Å². The second kappa shape index (κ2) is 6.68. The van der Waals surface area contributed by atoms with Gasteiger partial charge in [0.2, 0.25) is 5.13 Å². The number of carbonyl (C=O) groups excluding carboxylic acids is 1. The number of rotatable bonds is 3. The van der Waals surface area contributed by atoms with Crippen molar-refractivity contribution in [3.05, 3.63) is 35.1 Å². The fourth-order valence-corrected chi connectivity index (χ4v) is 4.34. The van der Waals surface area contributed by atoms with Gasteiger partial charge in [0.1, 0.15) is 5.01 Å². The van der Waals surface area contributed by atoms with E-state index < -0.39 is 0 Å². The van der Waals surface area contributed by atoms with Gasteiger partial charge in [-0.05, 0) is 38.3 Å². The zero-order chi connectivity index (χ0) is 17.3. The van der Waals surface area contributed by atoms with Crippen LogP contribution in [-0.2, 0) is 4.74 Å². The van der Waals surface area contributed by atoms with Crippen LogP contribution in [0, 0.1) is 6.92 Å². The van der Waals surface area contributed by atoms with Gasteiger partial charge in [-0.1, -0.05) is 11.3 Å². The molecule has 0 unspecified atom stereocenters. The number of amides is 1. The van der Waals surface area contributed by atoms with E-state index in [2.05, 4.69) is 25.4 Å². The topological polar surface area (TPSA) is 80.2 Å². The van der Waals surface area contributed by atoms with Crippen LogP contribution in [0.1, 0.15) is 34.6 Å². The summed E-state index contributed by atoms with van der Waals surface area (Å²) in [6, 6.07) is 3.68. The zero-order valence-corrected chi connectivity index (χ0v) is 15.0. The van der Waals surface area contributed by atoms with Crippen LogP contribution in [0.3, 0.4) is 0 Å². The summed E-state index contributed by atoms with van der Waals surface area (Å²) in [6.45, 7) is 4.36. The van der Waals surface area contributed by atoms with Gasteiger partial charge in [0.05, 0.1) is 11.2 Å². The van der Waals surface area contributed by atoms with Crippen LogP contribution in [0.2, 0.25) is 0 Å². The molecule has 25 heavy (non-hydrogen) atoms. The summed E-state index contributed by atoms with van der Waals surface area (Å²) in [7, 11) is 0. The minimum Gasteiger partial charge on any atom is -0.373 e. The molecule has 0 bridgehead atoms. The number of aromatic nitrogens is 3. The first-order chi connectivity index (χ1) is 12.1. The number of carbonyl (C=O) groups is 1. The molecular weight excluding hydrogens is 338 g/mol. The molecule has 7 nitrogen and oxygen atoms in total. The largest absolute Gasteiger partial charge is 0.373 e. The Morgan fingerprint density at radius 2 is 2.40 bits per heavy atom. The number of aryl methyl sites for hydroxylation is 1. The zero-order valence-electron chi connectivity index (χ0n) is 14.1. The second-order valence-electron chi connectivity index (χ2n) is 6.71. The summed E-state index contributed by atoms with van der Waals surface area (Å²) < 4.78 is 6.15. The molecule has 0 aromatic carbocycles. The smallest absolute Gasteiger partial charge is 0.253 e. The molecule has 0 aliphatic carbocycles. The van der Waals surface area contributed by atoms with Gasteiger partial charge in [0, 0.05) is 38.1 Å². The molecule has 1 N–H and O–H groups in total. The molecular formula is C17H21N5O2S. The van der Waals surface area contributed by atoms with Crippen molar-refractivity contribution < 1.29 is 9.53 Å². The number of nitrogens with one attached hydrogen (secondary N) is 1. The van der Waals surface area contributed by atoms with Crippen LogP contribution in [0.4, 0.5) is 5.13 Å². The number of hydrogen-bond donors (Lipinski definition) is 1. The molecule has 1 amide bonds. The Kier molecular flexibility index (Phi) is 4.39. The highest BCUT2D eigenvalue weighted by molar-refractivity contribution is 7.15. The molecule has 0 saturated carbocycles. The quantitative estimate of drug-likeness (QED) is 0.900. The van der Waals surface area contributed by atoms with E-state index in [4.69, 9.17) is 4.74 Å². The van der Waals surface area contributed by atoms with Gasteiger partial charge in [-0.2, -0.15) is 0 Å². The van der Waals surface area contributed by atoms with Gasteiger partial charge in [-0.25, -0.2) is 0 Å². The summed E-state index contributed by atoms with van der Waals surface area (Å²) in [5.74, 6) is -0.0650. The predicted molar refractivity (Wildman–Crippen MR) is 94.9 cm³/mol. The lowest BCUT2D eigenvalue weighted by molar-refractivity contribution is -0.0720. The van der Waals surface area contributed by atoms with Crippen LogP contribution < -0.4 is 10.2 Å². The number of ether oxygens (including phenoxy) is 1. The van der Waals surface area contributed by atoms with Crippen LogP contribution in [-0.4, -0.2) is 52.4 Å². The molecule has 8 heteroatoms. The van der Waals surface area contributed by atoms with Gasteiger partial charge >= 0.3 is 0 Å². The van der Waals surface area contributed by atoms with E-state index in [9.17, 15) is 4.79 Å². The lowest BCUT2D eigenvalue weighted by Gasteiger charge is -2.38. The Morgan fingerprint density at radius 1 is 1.48 bits per heavy atom. The molecule has 2 fully saturated rings. The maximum Gasteiger partial charge on any atom is 0.253 e. The Hall–Kier alpha value is -2.06. The Balaban J connectivity index is 1.40. The molecule has 132 valence electrons. The van der Waals surface area contributed by atoms with Crippen molar-refractivity contribution in [2.75, 3.05) is 24.6 Å². The highest BCUT2D eigenvalue weighted by Crippen LogP contribution is 2.37. The van der Waals surface area contributed by atoms with Gasteiger partial charge in [0.25, 0.3) is 5.91 Å². The fourth-order valence-electron chi connectivity index (χ4n) is 3.62. The molecule has 4 rings (SSSR count). The van der Waals surface area contributed by atoms with Crippen molar-refractivity contribution in [1.82, 2.24) is 20.5 Å². The molecule has 2 atom stereocenters. The number of pyridine rings is 1. The van der Waals surface area contributed by atoms with E-state index in [0.29, 0.717) is 12.2 Å².